The number of amides is 2. The number of esters is 1. The van der Waals surface area contributed by atoms with Gasteiger partial charge in [0.1, 0.15) is 10.8 Å². The van der Waals surface area contributed by atoms with E-state index in [4.69, 9.17) is 0 Å². The molecule has 1 aromatic heterocycles. The van der Waals surface area contributed by atoms with Crippen molar-refractivity contribution in [2.45, 2.75) is 25.8 Å². The van der Waals surface area contributed by atoms with Gasteiger partial charge in [-0.1, -0.05) is 29.5 Å². The fourth-order valence-corrected chi connectivity index (χ4v) is 2.63. The minimum Gasteiger partial charge on any atom is -0.469 e. The maximum atomic E-state index is 13.4. The van der Waals surface area contributed by atoms with Crippen LogP contribution in [0.15, 0.2) is 24.3 Å². The number of hydrogen-bond donors (Lipinski definition) is 2. The zero-order valence-electron chi connectivity index (χ0n) is 13.0. The van der Waals surface area contributed by atoms with E-state index < -0.39 is 6.03 Å². The number of nitrogens with one attached hydrogen (secondary N) is 2. The van der Waals surface area contributed by atoms with E-state index in [0.29, 0.717) is 35.0 Å². The van der Waals surface area contributed by atoms with Gasteiger partial charge in [-0.2, -0.15) is 0 Å². The minimum absolute atomic E-state index is 0.0727. The molecular formula is C15H17FN4O3S. The van der Waals surface area contributed by atoms with E-state index >= 15 is 0 Å². The molecule has 0 aliphatic heterocycles. The summed E-state index contributed by atoms with van der Waals surface area (Å²) in [5, 5.41) is 13.9. The number of carbonyl (C=O) groups is 2. The molecular weight excluding hydrogens is 335 g/mol. The van der Waals surface area contributed by atoms with Crippen molar-refractivity contribution in [3.63, 3.8) is 0 Å². The van der Waals surface area contributed by atoms with Crippen molar-refractivity contribution < 1.29 is 18.7 Å². The molecule has 1 aromatic carbocycles. The molecule has 0 atom stereocenters. The molecule has 0 fully saturated rings. The molecule has 2 amide bonds. The van der Waals surface area contributed by atoms with Crippen molar-refractivity contribution in [2.75, 3.05) is 12.4 Å². The molecule has 0 saturated carbocycles. The lowest BCUT2D eigenvalue weighted by atomic mass is 10.2. The minimum atomic E-state index is -0.490. The fourth-order valence-electron chi connectivity index (χ4n) is 1.85. The summed E-state index contributed by atoms with van der Waals surface area (Å²) in [7, 11) is 1.34. The zero-order valence-corrected chi connectivity index (χ0v) is 13.9. The quantitative estimate of drug-likeness (QED) is 0.747. The number of aryl methyl sites for hydroxylation is 1. The normalized spacial score (nSPS) is 10.2. The third-order valence-electron chi connectivity index (χ3n) is 3.08. The van der Waals surface area contributed by atoms with Crippen LogP contribution in [0.3, 0.4) is 0 Å². The summed E-state index contributed by atoms with van der Waals surface area (Å²) in [6.45, 7) is 0.0727. The molecule has 1 heterocycles. The van der Waals surface area contributed by atoms with E-state index in [0.717, 1.165) is 0 Å². The van der Waals surface area contributed by atoms with Crippen molar-refractivity contribution in [2.24, 2.45) is 0 Å². The number of rotatable bonds is 7. The molecule has 0 aliphatic rings. The Kier molecular flexibility index (Phi) is 6.62. The van der Waals surface area contributed by atoms with Gasteiger partial charge in [0, 0.05) is 24.9 Å². The Morgan fingerprint density at radius 2 is 2.08 bits per heavy atom. The van der Waals surface area contributed by atoms with Crippen LogP contribution in [-0.4, -0.2) is 29.3 Å². The average molecular weight is 352 g/mol. The topological polar surface area (TPSA) is 93.2 Å². The highest BCUT2D eigenvalue weighted by Gasteiger charge is 2.09. The molecule has 2 rings (SSSR count). The molecule has 9 heteroatoms. The molecule has 0 bridgehead atoms. The molecule has 128 valence electrons. The monoisotopic (exact) mass is 352 g/mol. The maximum Gasteiger partial charge on any atom is 0.321 e. The Balaban J connectivity index is 1.76. The number of benzene rings is 1. The fraction of sp³-hybridized carbons (Fsp3) is 0.333. The van der Waals surface area contributed by atoms with Crippen molar-refractivity contribution in [3.8, 4) is 0 Å². The number of anilines is 1. The maximum absolute atomic E-state index is 13.4. The number of aromatic nitrogens is 2. The first-order valence-corrected chi connectivity index (χ1v) is 8.07. The van der Waals surface area contributed by atoms with Crippen molar-refractivity contribution in [1.82, 2.24) is 15.5 Å². The number of urea groups is 1. The summed E-state index contributed by atoms with van der Waals surface area (Å²) < 4.78 is 18.0. The number of methoxy groups -OCH3 is 1. The van der Waals surface area contributed by atoms with Crippen LogP contribution in [0.25, 0.3) is 0 Å². The second-order valence-corrected chi connectivity index (χ2v) is 5.89. The van der Waals surface area contributed by atoms with E-state index in [2.05, 4.69) is 25.6 Å². The lowest BCUT2D eigenvalue weighted by Gasteiger charge is -2.05. The molecule has 24 heavy (non-hydrogen) atoms. The molecule has 0 aliphatic carbocycles. The molecule has 0 unspecified atom stereocenters. The standard InChI is InChI=1S/C15H17FN4O3S/c1-23-13(21)8-4-7-12-19-20-15(24-12)18-14(22)17-9-10-5-2-3-6-11(10)16/h2-3,5-6H,4,7-9H2,1H3,(H2,17,18,20,22). The number of nitrogens with zero attached hydrogens (tertiary/aromatic N) is 2. The third kappa shape index (κ3) is 5.58. The van der Waals surface area contributed by atoms with Gasteiger partial charge in [0.15, 0.2) is 0 Å². The Labute approximate surface area is 142 Å². The number of hydrogen-bond acceptors (Lipinski definition) is 6. The highest BCUT2D eigenvalue weighted by Crippen LogP contribution is 2.17. The lowest BCUT2D eigenvalue weighted by molar-refractivity contribution is -0.140. The van der Waals surface area contributed by atoms with Crippen LogP contribution in [0.2, 0.25) is 0 Å². The van der Waals surface area contributed by atoms with Crippen molar-refractivity contribution >= 4 is 28.5 Å². The predicted molar refractivity (Wildman–Crippen MR) is 87.1 cm³/mol. The first-order valence-electron chi connectivity index (χ1n) is 7.26. The first-order chi connectivity index (χ1) is 11.6. The summed E-state index contributed by atoms with van der Waals surface area (Å²) in [4.78, 5) is 22.8. The number of halogens is 1. The summed E-state index contributed by atoms with van der Waals surface area (Å²) in [6, 6.07) is 5.72. The molecule has 7 nitrogen and oxygen atoms in total. The first kappa shape index (κ1) is 17.8. The molecule has 0 saturated heterocycles. The Bertz CT molecular complexity index is 708. The summed E-state index contributed by atoms with van der Waals surface area (Å²) in [6.07, 6.45) is 1.48. The largest absolute Gasteiger partial charge is 0.469 e. The summed E-state index contributed by atoms with van der Waals surface area (Å²) in [5.41, 5.74) is 0.397. The van der Waals surface area contributed by atoms with E-state index in [1.165, 1.54) is 24.5 Å². The van der Waals surface area contributed by atoms with Crippen LogP contribution in [0.1, 0.15) is 23.4 Å². The Hall–Kier alpha value is -2.55. The summed E-state index contributed by atoms with van der Waals surface area (Å²) in [5.74, 6) is -0.646. The third-order valence-corrected chi connectivity index (χ3v) is 3.98. The SMILES string of the molecule is COC(=O)CCCc1nnc(NC(=O)NCc2ccccc2F)s1. The Morgan fingerprint density at radius 1 is 1.29 bits per heavy atom. The van der Waals surface area contributed by atoms with Crippen LogP contribution >= 0.6 is 11.3 Å². The van der Waals surface area contributed by atoms with Gasteiger partial charge >= 0.3 is 12.0 Å². The lowest BCUT2D eigenvalue weighted by Crippen LogP contribution is -2.28. The van der Waals surface area contributed by atoms with Crippen LogP contribution in [0.5, 0.6) is 0 Å². The molecule has 2 aromatic rings. The molecule has 2 N–H and O–H groups in total. The Morgan fingerprint density at radius 3 is 2.83 bits per heavy atom. The second-order valence-electron chi connectivity index (χ2n) is 4.83. The van der Waals surface area contributed by atoms with Gasteiger partial charge in [-0.05, 0) is 12.5 Å². The van der Waals surface area contributed by atoms with Gasteiger partial charge in [0.25, 0.3) is 0 Å². The van der Waals surface area contributed by atoms with Crippen LogP contribution < -0.4 is 10.6 Å². The van der Waals surface area contributed by atoms with Gasteiger partial charge in [0.05, 0.1) is 7.11 Å². The van der Waals surface area contributed by atoms with Gasteiger partial charge in [-0.3, -0.25) is 10.1 Å². The number of carbonyl (C=O) groups excluding carboxylic acids is 2. The second kappa shape index (κ2) is 8.92. The van der Waals surface area contributed by atoms with E-state index in [-0.39, 0.29) is 18.3 Å². The van der Waals surface area contributed by atoms with Gasteiger partial charge in [0.2, 0.25) is 5.13 Å². The van der Waals surface area contributed by atoms with Gasteiger partial charge < -0.3 is 10.1 Å². The smallest absolute Gasteiger partial charge is 0.321 e. The van der Waals surface area contributed by atoms with Crippen molar-refractivity contribution in [1.29, 1.82) is 0 Å². The zero-order chi connectivity index (χ0) is 17.4. The van der Waals surface area contributed by atoms with Gasteiger partial charge in [-0.25, -0.2) is 9.18 Å². The highest BCUT2D eigenvalue weighted by molar-refractivity contribution is 7.15. The van der Waals surface area contributed by atoms with E-state index in [9.17, 15) is 14.0 Å². The van der Waals surface area contributed by atoms with E-state index in [1.54, 1.807) is 18.2 Å². The van der Waals surface area contributed by atoms with Crippen LogP contribution in [-0.2, 0) is 22.5 Å². The van der Waals surface area contributed by atoms with Crippen molar-refractivity contribution in [3.05, 3.63) is 40.7 Å². The van der Waals surface area contributed by atoms with E-state index in [1.807, 2.05) is 0 Å². The predicted octanol–water partition coefficient (Wildman–Crippen LogP) is 2.49. The molecule has 0 radical (unpaired) electrons. The highest BCUT2D eigenvalue weighted by atomic mass is 32.1. The molecule has 0 spiro atoms. The van der Waals surface area contributed by atoms with Crippen LogP contribution in [0.4, 0.5) is 14.3 Å². The summed E-state index contributed by atoms with van der Waals surface area (Å²) >= 11 is 1.22. The van der Waals surface area contributed by atoms with Crippen LogP contribution in [0, 0.1) is 5.82 Å². The number of ether oxygens (including phenoxy) is 1. The average Bonchev–Trinajstić information content (AvgIpc) is 3.01. The van der Waals surface area contributed by atoms with Gasteiger partial charge in [-0.15, -0.1) is 10.2 Å².